The minimum atomic E-state index is -0.544. The highest BCUT2D eigenvalue weighted by molar-refractivity contribution is 5.84. The van der Waals surface area contributed by atoms with E-state index in [1.165, 1.54) is 0 Å². The molecule has 1 fully saturated rings. The zero-order valence-corrected chi connectivity index (χ0v) is 19.8. The molecule has 182 valence electrons. The molecule has 5 rings (SSSR count). The molecule has 0 bridgehead atoms. The van der Waals surface area contributed by atoms with Crippen LogP contribution in [0.4, 0.5) is 10.5 Å². The van der Waals surface area contributed by atoms with E-state index in [1.807, 2.05) is 48.5 Å². The monoisotopic (exact) mass is 473 g/mol. The number of fused-ring (bicyclic) bond motifs is 1. The fourth-order valence-electron chi connectivity index (χ4n) is 5.09. The van der Waals surface area contributed by atoms with Gasteiger partial charge in [0.2, 0.25) is 0 Å². The van der Waals surface area contributed by atoms with Gasteiger partial charge in [0.05, 0.1) is 5.56 Å². The lowest BCUT2D eigenvalue weighted by Crippen LogP contribution is -2.19. The van der Waals surface area contributed by atoms with Crippen LogP contribution in [0, 0.1) is 5.92 Å². The number of hydrogen-bond acceptors (Lipinski definition) is 5. The standard InChI is InChI=1S/C29H31NO5/c31-27-23-13-6-1-2-7-14-24(23)35-28(32)26(27)25(20-15-16-20)21-11-8-12-22(17-21)30-29(33)34-18-19-9-4-3-5-10-19/h3-5,8-12,17,20,25,31H,1-2,6-7,13-16,18H2,(H,30,33)/t25-/m1/s1. The van der Waals surface area contributed by atoms with Gasteiger partial charge in [-0.25, -0.2) is 9.59 Å². The van der Waals surface area contributed by atoms with Crippen LogP contribution in [0.25, 0.3) is 0 Å². The van der Waals surface area contributed by atoms with Gasteiger partial charge in [-0.05, 0) is 61.3 Å². The predicted octanol–water partition coefficient (Wildman–Crippen LogP) is 6.30. The Kier molecular flexibility index (Phi) is 6.89. The SMILES string of the molecule is O=C(Nc1cccc([C@H](c2c(O)c3c(oc2=O)CCCCCC3)C2CC2)c1)OCc1ccccc1. The summed E-state index contributed by atoms with van der Waals surface area (Å²) < 4.78 is 11.1. The second-order valence-corrected chi connectivity index (χ2v) is 9.60. The van der Waals surface area contributed by atoms with Crippen molar-refractivity contribution in [3.63, 3.8) is 0 Å². The first-order valence-electron chi connectivity index (χ1n) is 12.6. The molecule has 0 spiro atoms. The summed E-state index contributed by atoms with van der Waals surface area (Å²) in [5.74, 6) is 0.734. The van der Waals surface area contributed by atoms with E-state index in [9.17, 15) is 14.7 Å². The number of aryl methyl sites for hydroxylation is 1. The first-order valence-corrected chi connectivity index (χ1v) is 12.6. The number of benzene rings is 2. The first-order chi connectivity index (χ1) is 17.1. The normalized spacial score (nSPS) is 16.5. The van der Waals surface area contributed by atoms with Gasteiger partial charge in [0.25, 0.3) is 0 Å². The van der Waals surface area contributed by atoms with Crippen LogP contribution in [0.2, 0.25) is 0 Å². The van der Waals surface area contributed by atoms with E-state index in [2.05, 4.69) is 5.32 Å². The molecule has 0 saturated heterocycles. The molecule has 0 aliphatic heterocycles. The van der Waals surface area contributed by atoms with Crippen molar-refractivity contribution < 1.29 is 19.1 Å². The topological polar surface area (TPSA) is 88.8 Å². The highest BCUT2D eigenvalue weighted by atomic mass is 16.5. The third-order valence-corrected chi connectivity index (χ3v) is 7.00. The molecule has 2 aromatic carbocycles. The van der Waals surface area contributed by atoms with Crippen molar-refractivity contribution >= 4 is 11.8 Å². The number of carbonyl (C=O) groups excluding carboxylic acids is 1. The number of aromatic hydroxyl groups is 1. The van der Waals surface area contributed by atoms with E-state index >= 15 is 0 Å². The van der Waals surface area contributed by atoms with E-state index in [0.29, 0.717) is 23.4 Å². The Balaban J connectivity index is 1.40. The van der Waals surface area contributed by atoms with Crippen LogP contribution in [0.3, 0.4) is 0 Å². The molecule has 1 saturated carbocycles. The molecule has 1 heterocycles. The summed E-state index contributed by atoms with van der Waals surface area (Å²) >= 11 is 0. The Hall–Kier alpha value is -3.54. The molecule has 2 N–H and O–H groups in total. The van der Waals surface area contributed by atoms with Gasteiger partial charge in [-0.1, -0.05) is 55.3 Å². The minimum Gasteiger partial charge on any atom is -0.507 e. The molecule has 2 aliphatic rings. The smallest absolute Gasteiger partial charge is 0.411 e. The van der Waals surface area contributed by atoms with Crippen LogP contribution in [0.5, 0.6) is 5.75 Å². The van der Waals surface area contributed by atoms with Crippen molar-refractivity contribution in [2.24, 2.45) is 5.92 Å². The van der Waals surface area contributed by atoms with Crippen LogP contribution >= 0.6 is 0 Å². The Morgan fingerprint density at radius 1 is 1.03 bits per heavy atom. The minimum absolute atomic E-state index is 0.107. The summed E-state index contributed by atoms with van der Waals surface area (Å²) in [6.45, 7) is 0.182. The van der Waals surface area contributed by atoms with Crippen molar-refractivity contribution in [3.8, 4) is 5.75 Å². The molecule has 35 heavy (non-hydrogen) atoms. The Bertz CT molecular complexity index is 1250. The van der Waals surface area contributed by atoms with Crippen LogP contribution in [0.1, 0.15) is 72.5 Å². The molecule has 6 nitrogen and oxygen atoms in total. The third kappa shape index (κ3) is 5.42. The van der Waals surface area contributed by atoms with Gasteiger partial charge in [0.1, 0.15) is 18.1 Å². The van der Waals surface area contributed by atoms with Gasteiger partial charge in [-0.2, -0.15) is 0 Å². The second kappa shape index (κ2) is 10.4. The van der Waals surface area contributed by atoms with Crippen LogP contribution in [-0.2, 0) is 24.2 Å². The van der Waals surface area contributed by atoms with Gasteiger partial charge in [0.15, 0.2) is 0 Å². The van der Waals surface area contributed by atoms with E-state index in [1.54, 1.807) is 6.07 Å². The van der Waals surface area contributed by atoms with E-state index < -0.39 is 11.7 Å². The maximum Gasteiger partial charge on any atom is 0.411 e. The summed E-state index contributed by atoms with van der Waals surface area (Å²) in [5, 5.41) is 14.1. The van der Waals surface area contributed by atoms with Gasteiger partial charge in [0, 0.05) is 23.6 Å². The second-order valence-electron chi connectivity index (χ2n) is 9.60. The zero-order valence-electron chi connectivity index (χ0n) is 19.8. The van der Waals surface area contributed by atoms with Crippen molar-refractivity contribution in [1.29, 1.82) is 0 Å². The number of anilines is 1. The number of amides is 1. The van der Waals surface area contributed by atoms with Crippen LogP contribution in [0.15, 0.2) is 63.8 Å². The fourth-order valence-corrected chi connectivity index (χ4v) is 5.09. The molecule has 1 aromatic heterocycles. The number of hydrogen-bond donors (Lipinski definition) is 2. The molecule has 0 radical (unpaired) electrons. The van der Waals surface area contributed by atoms with E-state index in [4.69, 9.17) is 9.15 Å². The average molecular weight is 474 g/mol. The Morgan fingerprint density at radius 3 is 2.57 bits per heavy atom. The summed E-state index contributed by atoms with van der Waals surface area (Å²) in [6, 6.07) is 17.0. The highest BCUT2D eigenvalue weighted by Gasteiger charge is 2.38. The first kappa shape index (κ1) is 23.2. The van der Waals surface area contributed by atoms with E-state index in [-0.39, 0.29) is 24.2 Å². The third-order valence-electron chi connectivity index (χ3n) is 7.00. The number of ether oxygens (including phenoxy) is 1. The lowest BCUT2D eigenvalue weighted by Gasteiger charge is -2.22. The molecule has 3 aromatic rings. The van der Waals surface area contributed by atoms with Gasteiger partial charge in [-0.3, -0.25) is 5.32 Å². The maximum atomic E-state index is 13.1. The quantitative estimate of drug-likeness (QED) is 0.439. The van der Waals surface area contributed by atoms with Crippen LogP contribution in [-0.4, -0.2) is 11.2 Å². The highest BCUT2D eigenvalue weighted by Crippen LogP contribution is 2.49. The average Bonchev–Trinajstić information content (AvgIpc) is 3.68. The predicted molar refractivity (Wildman–Crippen MR) is 134 cm³/mol. The van der Waals surface area contributed by atoms with Gasteiger partial charge in [-0.15, -0.1) is 0 Å². The summed E-state index contributed by atoms with van der Waals surface area (Å²) in [7, 11) is 0. The number of nitrogens with one attached hydrogen (secondary N) is 1. The lowest BCUT2D eigenvalue weighted by atomic mass is 9.85. The van der Waals surface area contributed by atoms with Crippen molar-refractivity contribution in [2.45, 2.75) is 63.9 Å². The molecule has 2 aliphatic carbocycles. The Morgan fingerprint density at radius 2 is 1.80 bits per heavy atom. The van der Waals surface area contributed by atoms with Crippen molar-refractivity contribution in [2.75, 3.05) is 5.32 Å². The van der Waals surface area contributed by atoms with Gasteiger partial charge >= 0.3 is 11.7 Å². The molecule has 6 heteroatoms. The largest absolute Gasteiger partial charge is 0.507 e. The fraction of sp³-hybridized carbons (Fsp3) is 0.379. The molecular weight excluding hydrogens is 442 g/mol. The van der Waals surface area contributed by atoms with Crippen molar-refractivity contribution in [3.05, 3.63) is 93.0 Å². The number of rotatable bonds is 6. The van der Waals surface area contributed by atoms with Crippen LogP contribution < -0.4 is 10.9 Å². The molecular formula is C29H31NO5. The molecule has 0 unspecified atom stereocenters. The molecule has 1 amide bonds. The summed E-state index contributed by atoms with van der Waals surface area (Å²) in [6.07, 6.45) is 7.02. The lowest BCUT2D eigenvalue weighted by molar-refractivity contribution is 0.155. The summed E-state index contributed by atoms with van der Waals surface area (Å²) in [5.41, 5.74) is 3.08. The Labute approximate surface area is 204 Å². The van der Waals surface area contributed by atoms with Gasteiger partial charge < -0.3 is 14.3 Å². The molecule has 1 atom stereocenters. The van der Waals surface area contributed by atoms with E-state index in [0.717, 1.165) is 61.6 Å². The zero-order chi connectivity index (χ0) is 24.2. The maximum absolute atomic E-state index is 13.1. The summed E-state index contributed by atoms with van der Waals surface area (Å²) in [4.78, 5) is 25.5. The van der Waals surface area contributed by atoms with Crippen molar-refractivity contribution in [1.82, 2.24) is 0 Å². The number of carbonyl (C=O) groups is 1.